The fraction of sp³-hybridized carbons (Fsp3) is 1.00. The highest BCUT2D eigenvalue weighted by Gasteiger charge is 2.37. The average Bonchev–Trinajstić information content (AvgIpc) is 2.40. The Morgan fingerprint density at radius 3 is 2.28 bits per heavy atom. The lowest BCUT2D eigenvalue weighted by molar-refractivity contribution is 0.0256. The summed E-state index contributed by atoms with van der Waals surface area (Å²) < 4.78 is 0. The van der Waals surface area contributed by atoms with Gasteiger partial charge in [-0.3, -0.25) is 4.90 Å². The first-order valence-electron chi connectivity index (χ1n) is 8.02. The molecule has 2 heteroatoms. The van der Waals surface area contributed by atoms with Gasteiger partial charge >= 0.3 is 0 Å². The monoisotopic (exact) mass is 254 g/mol. The Hall–Kier alpha value is -0.0800. The van der Waals surface area contributed by atoms with E-state index in [0.717, 1.165) is 24.5 Å². The standard InChI is InChI=1S/C16H34N2/c1-7-14(8-2)13(5)18-12-16(6,10-4)17-11-15(18)9-3/h13-15,17H,7-12H2,1-6H3. The van der Waals surface area contributed by atoms with Gasteiger partial charge in [0.25, 0.3) is 0 Å². The Labute approximate surface area is 115 Å². The molecule has 1 aliphatic heterocycles. The van der Waals surface area contributed by atoms with Crippen molar-refractivity contribution in [3.63, 3.8) is 0 Å². The second-order valence-electron chi connectivity index (χ2n) is 6.35. The van der Waals surface area contributed by atoms with Gasteiger partial charge in [-0.1, -0.05) is 40.5 Å². The lowest BCUT2D eigenvalue weighted by Gasteiger charge is -2.50. The molecule has 1 aliphatic rings. The number of nitrogens with one attached hydrogen (secondary N) is 1. The minimum Gasteiger partial charge on any atom is -0.309 e. The molecule has 108 valence electrons. The van der Waals surface area contributed by atoms with Crippen molar-refractivity contribution in [2.24, 2.45) is 5.92 Å². The summed E-state index contributed by atoms with van der Waals surface area (Å²) in [6.07, 6.45) is 5.09. The van der Waals surface area contributed by atoms with E-state index >= 15 is 0 Å². The van der Waals surface area contributed by atoms with Crippen LogP contribution < -0.4 is 5.32 Å². The molecule has 0 aromatic carbocycles. The third-order valence-corrected chi connectivity index (χ3v) is 5.27. The Kier molecular flexibility index (Phi) is 6.13. The van der Waals surface area contributed by atoms with Gasteiger partial charge in [0.1, 0.15) is 0 Å². The second-order valence-corrected chi connectivity index (χ2v) is 6.35. The zero-order valence-electron chi connectivity index (χ0n) is 13.4. The number of nitrogens with zero attached hydrogens (tertiary/aromatic N) is 1. The van der Waals surface area contributed by atoms with Gasteiger partial charge < -0.3 is 5.32 Å². The van der Waals surface area contributed by atoms with E-state index in [4.69, 9.17) is 0 Å². The van der Waals surface area contributed by atoms with Gasteiger partial charge in [0, 0.05) is 30.7 Å². The van der Waals surface area contributed by atoms with Crippen LogP contribution >= 0.6 is 0 Å². The zero-order valence-corrected chi connectivity index (χ0v) is 13.4. The van der Waals surface area contributed by atoms with Crippen molar-refractivity contribution in [1.82, 2.24) is 10.2 Å². The molecule has 3 unspecified atom stereocenters. The van der Waals surface area contributed by atoms with E-state index in [1.807, 2.05) is 0 Å². The molecule has 18 heavy (non-hydrogen) atoms. The summed E-state index contributed by atoms with van der Waals surface area (Å²) in [7, 11) is 0. The normalized spacial score (nSPS) is 31.8. The average molecular weight is 254 g/mol. The molecule has 0 aliphatic carbocycles. The first-order chi connectivity index (χ1) is 8.51. The number of hydrogen-bond donors (Lipinski definition) is 1. The molecule has 1 rings (SSSR count). The van der Waals surface area contributed by atoms with E-state index < -0.39 is 0 Å². The highest BCUT2D eigenvalue weighted by Crippen LogP contribution is 2.27. The van der Waals surface area contributed by atoms with E-state index in [2.05, 4.69) is 51.8 Å². The van der Waals surface area contributed by atoms with Crippen LogP contribution in [0.25, 0.3) is 0 Å². The van der Waals surface area contributed by atoms with Crippen molar-refractivity contribution < 1.29 is 0 Å². The fourth-order valence-electron chi connectivity index (χ4n) is 3.40. The molecule has 0 saturated carbocycles. The number of piperazine rings is 1. The summed E-state index contributed by atoms with van der Waals surface area (Å²) >= 11 is 0. The first-order valence-corrected chi connectivity index (χ1v) is 8.02. The predicted octanol–water partition coefficient (Wildman–Crippen LogP) is 3.66. The second kappa shape index (κ2) is 6.91. The molecule has 1 heterocycles. The van der Waals surface area contributed by atoms with Crippen molar-refractivity contribution in [2.45, 2.75) is 84.8 Å². The van der Waals surface area contributed by atoms with Crippen molar-refractivity contribution in [1.29, 1.82) is 0 Å². The zero-order chi connectivity index (χ0) is 13.8. The lowest BCUT2D eigenvalue weighted by atomic mass is 9.87. The Balaban J connectivity index is 2.79. The number of hydrogen-bond acceptors (Lipinski definition) is 2. The molecule has 1 N–H and O–H groups in total. The van der Waals surface area contributed by atoms with Crippen LogP contribution in [0.2, 0.25) is 0 Å². The highest BCUT2D eigenvalue weighted by atomic mass is 15.3. The number of rotatable bonds is 6. The van der Waals surface area contributed by atoms with Gasteiger partial charge in [0.15, 0.2) is 0 Å². The van der Waals surface area contributed by atoms with Crippen LogP contribution in [0.4, 0.5) is 0 Å². The molecule has 3 atom stereocenters. The lowest BCUT2D eigenvalue weighted by Crippen LogP contribution is -2.65. The van der Waals surface area contributed by atoms with Crippen molar-refractivity contribution in [2.75, 3.05) is 13.1 Å². The van der Waals surface area contributed by atoms with Crippen LogP contribution in [0.5, 0.6) is 0 Å². The topological polar surface area (TPSA) is 15.3 Å². The van der Waals surface area contributed by atoms with Crippen LogP contribution in [0.3, 0.4) is 0 Å². The molecule has 0 amide bonds. The van der Waals surface area contributed by atoms with Gasteiger partial charge in [0.05, 0.1) is 0 Å². The Bertz CT molecular complexity index is 237. The summed E-state index contributed by atoms with van der Waals surface area (Å²) in [5.74, 6) is 0.846. The van der Waals surface area contributed by atoms with E-state index in [1.54, 1.807) is 0 Å². The largest absolute Gasteiger partial charge is 0.309 e. The fourth-order valence-corrected chi connectivity index (χ4v) is 3.40. The van der Waals surface area contributed by atoms with Gasteiger partial charge in [-0.2, -0.15) is 0 Å². The highest BCUT2D eigenvalue weighted by molar-refractivity contribution is 4.96. The maximum atomic E-state index is 3.76. The molecule has 0 bridgehead atoms. The molecule has 0 spiro atoms. The Morgan fingerprint density at radius 1 is 1.22 bits per heavy atom. The minimum absolute atomic E-state index is 0.311. The first kappa shape index (κ1) is 16.0. The van der Waals surface area contributed by atoms with Crippen LogP contribution in [-0.4, -0.2) is 35.6 Å². The van der Waals surface area contributed by atoms with Gasteiger partial charge in [0.2, 0.25) is 0 Å². The van der Waals surface area contributed by atoms with E-state index in [9.17, 15) is 0 Å². The quantitative estimate of drug-likeness (QED) is 0.778. The van der Waals surface area contributed by atoms with Gasteiger partial charge in [-0.25, -0.2) is 0 Å². The maximum absolute atomic E-state index is 3.76. The third-order valence-electron chi connectivity index (χ3n) is 5.27. The van der Waals surface area contributed by atoms with Crippen molar-refractivity contribution >= 4 is 0 Å². The van der Waals surface area contributed by atoms with Crippen LogP contribution in [-0.2, 0) is 0 Å². The molecule has 1 fully saturated rings. The summed E-state index contributed by atoms with van der Waals surface area (Å²) in [6.45, 7) is 16.5. The van der Waals surface area contributed by atoms with Gasteiger partial charge in [-0.15, -0.1) is 0 Å². The maximum Gasteiger partial charge on any atom is 0.0278 e. The molecule has 2 nitrogen and oxygen atoms in total. The summed E-state index contributed by atoms with van der Waals surface area (Å²) in [4.78, 5) is 2.79. The third kappa shape index (κ3) is 3.48. The summed E-state index contributed by atoms with van der Waals surface area (Å²) in [5, 5.41) is 3.76. The smallest absolute Gasteiger partial charge is 0.0278 e. The van der Waals surface area contributed by atoms with Crippen molar-refractivity contribution in [3.8, 4) is 0 Å². The van der Waals surface area contributed by atoms with Crippen LogP contribution in [0, 0.1) is 5.92 Å². The summed E-state index contributed by atoms with van der Waals surface area (Å²) in [5.41, 5.74) is 0.311. The van der Waals surface area contributed by atoms with Crippen molar-refractivity contribution in [3.05, 3.63) is 0 Å². The minimum atomic E-state index is 0.311. The predicted molar refractivity (Wildman–Crippen MR) is 81.0 cm³/mol. The van der Waals surface area contributed by atoms with Crippen LogP contribution in [0.1, 0.15) is 67.2 Å². The van der Waals surface area contributed by atoms with E-state index in [-0.39, 0.29) is 0 Å². The molecule has 0 aromatic rings. The van der Waals surface area contributed by atoms with Gasteiger partial charge in [-0.05, 0) is 32.6 Å². The molecule has 0 aromatic heterocycles. The Morgan fingerprint density at radius 2 is 1.83 bits per heavy atom. The molecular formula is C16H34N2. The van der Waals surface area contributed by atoms with Crippen LogP contribution in [0.15, 0.2) is 0 Å². The van der Waals surface area contributed by atoms with E-state index in [1.165, 1.54) is 32.2 Å². The SMILES string of the molecule is CCC(CC)C(C)N1CC(C)(CC)NCC1CC. The van der Waals surface area contributed by atoms with E-state index in [0.29, 0.717) is 5.54 Å². The summed E-state index contributed by atoms with van der Waals surface area (Å²) in [6, 6.07) is 1.44. The molecule has 0 radical (unpaired) electrons. The molecule has 1 saturated heterocycles. The molecular weight excluding hydrogens is 220 g/mol.